The zero-order valence-corrected chi connectivity index (χ0v) is 12.0. The van der Waals surface area contributed by atoms with Gasteiger partial charge in [0.25, 0.3) is 0 Å². The van der Waals surface area contributed by atoms with Gasteiger partial charge in [-0.3, -0.25) is 4.90 Å². The van der Waals surface area contributed by atoms with E-state index in [9.17, 15) is 5.11 Å². The third-order valence-corrected chi connectivity index (χ3v) is 5.76. The van der Waals surface area contributed by atoms with Gasteiger partial charge in [-0.25, -0.2) is 0 Å². The van der Waals surface area contributed by atoms with Crippen molar-refractivity contribution in [3.8, 4) is 0 Å². The zero-order chi connectivity index (χ0) is 10.8. The summed E-state index contributed by atoms with van der Waals surface area (Å²) in [5.41, 5.74) is 0. The van der Waals surface area contributed by atoms with Gasteiger partial charge in [0.15, 0.2) is 0 Å². The Morgan fingerprint density at radius 3 is 2.86 bits per heavy atom. The molecule has 14 heavy (non-hydrogen) atoms. The molecule has 1 N–H and O–H groups in total. The van der Waals surface area contributed by atoms with E-state index in [0.29, 0.717) is 3.92 Å². The molecule has 1 heterocycles. The second kappa shape index (κ2) is 5.37. The average Bonchev–Trinajstić information content (AvgIpc) is 2.12. The smallest absolute Gasteiger partial charge is 0.0664 e. The van der Waals surface area contributed by atoms with Crippen LogP contribution in [0.2, 0.25) is 0 Å². The molecule has 0 aromatic heterocycles. The first-order valence-corrected chi connectivity index (χ1v) is 6.92. The molecule has 0 radical (unpaired) electrons. The molecule has 0 spiro atoms. The lowest BCUT2D eigenvalue weighted by Gasteiger charge is -2.41. The second-order valence-electron chi connectivity index (χ2n) is 4.40. The molecule has 1 saturated heterocycles. The zero-order valence-electron chi connectivity index (χ0n) is 8.91. The predicted octanol–water partition coefficient (Wildman–Crippen LogP) is 1.96. The minimum atomic E-state index is -0.164. The van der Waals surface area contributed by atoms with E-state index < -0.39 is 0 Å². The molecule has 1 rings (SSSR count). The normalized spacial score (nSPS) is 37.1. The Morgan fingerprint density at radius 2 is 2.36 bits per heavy atom. The van der Waals surface area contributed by atoms with Crippen LogP contribution >= 0.6 is 35.2 Å². The summed E-state index contributed by atoms with van der Waals surface area (Å²) in [4.78, 5) is 2.35. The fourth-order valence-electron chi connectivity index (χ4n) is 1.65. The molecule has 3 atom stereocenters. The molecule has 0 aliphatic carbocycles. The quantitative estimate of drug-likeness (QED) is 0.470. The number of piperidine rings is 1. The highest BCUT2D eigenvalue weighted by atomic mass is 127. The molecule has 3 unspecified atom stereocenters. The molecule has 0 aromatic carbocycles. The van der Waals surface area contributed by atoms with Crippen LogP contribution in [0.3, 0.4) is 0 Å². The van der Waals surface area contributed by atoms with Crippen molar-refractivity contribution in [2.75, 3.05) is 19.6 Å². The minimum absolute atomic E-state index is 0.161. The second-order valence-corrected chi connectivity index (χ2v) is 6.92. The van der Waals surface area contributed by atoms with Gasteiger partial charge in [-0.05, 0) is 26.3 Å². The Kier molecular flexibility index (Phi) is 5.01. The highest BCUT2D eigenvalue weighted by molar-refractivity contribution is 14.1. The van der Waals surface area contributed by atoms with Crippen LogP contribution in [0.5, 0.6) is 0 Å². The van der Waals surface area contributed by atoms with E-state index in [1.165, 1.54) is 0 Å². The van der Waals surface area contributed by atoms with Crippen molar-refractivity contribution >= 4 is 35.2 Å². The van der Waals surface area contributed by atoms with Gasteiger partial charge >= 0.3 is 0 Å². The fourth-order valence-corrected chi connectivity index (χ4v) is 2.70. The van der Waals surface area contributed by atoms with Crippen LogP contribution in [-0.4, -0.2) is 44.4 Å². The molecule has 0 aromatic rings. The van der Waals surface area contributed by atoms with E-state index in [1.807, 2.05) is 6.92 Å². The highest BCUT2D eigenvalue weighted by Gasteiger charge is 2.34. The molecule has 4 heteroatoms. The molecule has 1 aliphatic rings. The van der Waals surface area contributed by atoms with E-state index in [-0.39, 0.29) is 10.9 Å². The molecule has 1 fully saturated rings. The highest BCUT2D eigenvalue weighted by Crippen LogP contribution is 2.33. The van der Waals surface area contributed by atoms with E-state index in [1.54, 1.807) is 0 Å². The number of nitrogens with zero attached hydrogens (tertiary/aromatic N) is 1. The van der Waals surface area contributed by atoms with Crippen LogP contribution in [-0.2, 0) is 0 Å². The van der Waals surface area contributed by atoms with Crippen molar-refractivity contribution in [3.05, 3.63) is 0 Å². The summed E-state index contributed by atoms with van der Waals surface area (Å²) in [7, 11) is 0. The van der Waals surface area contributed by atoms with Crippen molar-refractivity contribution in [1.82, 2.24) is 4.90 Å². The van der Waals surface area contributed by atoms with Gasteiger partial charge in [-0.15, -0.1) is 0 Å². The van der Waals surface area contributed by atoms with Gasteiger partial charge in [0.1, 0.15) is 0 Å². The first-order chi connectivity index (χ1) is 6.45. The van der Waals surface area contributed by atoms with E-state index >= 15 is 0 Å². The van der Waals surface area contributed by atoms with Gasteiger partial charge < -0.3 is 5.11 Å². The van der Waals surface area contributed by atoms with Gasteiger partial charge in [0.05, 0.1) is 6.10 Å². The molecular formula is C10H20INOS. The van der Waals surface area contributed by atoms with Gasteiger partial charge in [-0.1, -0.05) is 29.5 Å². The maximum Gasteiger partial charge on any atom is 0.0664 e. The Balaban J connectivity index is 2.39. The minimum Gasteiger partial charge on any atom is -0.392 e. The fraction of sp³-hybridized carbons (Fsp3) is 1.00. The van der Waals surface area contributed by atoms with Crippen LogP contribution in [0.25, 0.3) is 0 Å². The predicted molar refractivity (Wildman–Crippen MR) is 72.6 cm³/mol. The number of hydrogen-bond donors (Lipinski definition) is 2. The first kappa shape index (κ1) is 13.1. The molecular weight excluding hydrogens is 309 g/mol. The number of β-amino-alcohol motifs (C(OH)–C–C–N with tert-alkyl or cyclic N) is 1. The van der Waals surface area contributed by atoms with Gasteiger partial charge in [0, 0.05) is 21.8 Å². The van der Waals surface area contributed by atoms with E-state index in [4.69, 9.17) is 0 Å². The third-order valence-electron chi connectivity index (χ3n) is 2.97. The lowest BCUT2D eigenvalue weighted by atomic mass is 9.97. The molecule has 0 saturated carbocycles. The Bertz CT molecular complexity index is 189. The number of aliphatic hydroxyl groups is 1. The monoisotopic (exact) mass is 329 g/mol. The Labute approximate surface area is 106 Å². The number of halogens is 1. The summed E-state index contributed by atoms with van der Waals surface area (Å²) in [6.45, 7) is 7.17. The number of alkyl halides is 1. The van der Waals surface area contributed by atoms with Gasteiger partial charge in [0.2, 0.25) is 0 Å². The number of aliphatic hydroxyl groups excluding tert-OH is 1. The maximum atomic E-state index is 9.56. The van der Waals surface area contributed by atoms with Crippen LogP contribution in [0.15, 0.2) is 0 Å². The maximum absolute atomic E-state index is 9.56. The van der Waals surface area contributed by atoms with Crippen molar-refractivity contribution < 1.29 is 5.11 Å². The van der Waals surface area contributed by atoms with Crippen LogP contribution in [0, 0.1) is 0 Å². The number of thiol groups is 1. The summed E-state index contributed by atoms with van der Waals surface area (Å²) in [5, 5.41) is 9.56. The molecule has 0 bridgehead atoms. The lowest BCUT2D eigenvalue weighted by molar-refractivity contribution is 0.0964. The summed E-state index contributed by atoms with van der Waals surface area (Å²) in [5.74, 6) is 0. The van der Waals surface area contributed by atoms with Crippen molar-refractivity contribution in [1.29, 1.82) is 0 Å². The lowest BCUT2D eigenvalue weighted by Crippen LogP contribution is -2.49. The van der Waals surface area contributed by atoms with Crippen LogP contribution in [0.4, 0.5) is 0 Å². The number of rotatable bonds is 3. The Hall–Kier alpha value is 1.00. The molecule has 0 amide bonds. The summed E-state index contributed by atoms with van der Waals surface area (Å²) in [6.07, 6.45) is 1.80. The Morgan fingerprint density at radius 1 is 1.71 bits per heavy atom. The van der Waals surface area contributed by atoms with E-state index in [0.717, 1.165) is 32.5 Å². The third kappa shape index (κ3) is 3.54. The first-order valence-electron chi connectivity index (χ1n) is 5.22. The van der Waals surface area contributed by atoms with Crippen LogP contribution in [0.1, 0.15) is 26.7 Å². The molecule has 84 valence electrons. The largest absolute Gasteiger partial charge is 0.392 e. The van der Waals surface area contributed by atoms with Crippen molar-refractivity contribution in [3.63, 3.8) is 0 Å². The van der Waals surface area contributed by atoms with Crippen molar-refractivity contribution in [2.45, 2.75) is 41.5 Å². The van der Waals surface area contributed by atoms with E-state index in [2.05, 4.69) is 47.0 Å². The molecule has 1 aliphatic heterocycles. The molecule has 2 nitrogen and oxygen atoms in total. The topological polar surface area (TPSA) is 23.5 Å². The van der Waals surface area contributed by atoms with Gasteiger partial charge in [-0.2, -0.15) is 12.6 Å². The SMILES string of the molecule is CCC(O)CN1CCC(C)(S)C(I)C1. The van der Waals surface area contributed by atoms with Crippen LogP contribution < -0.4 is 0 Å². The number of hydrogen-bond acceptors (Lipinski definition) is 3. The van der Waals surface area contributed by atoms with Crippen molar-refractivity contribution in [2.24, 2.45) is 0 Å². The summed E-state index contributed by atoms with van der Waals surface area (Å²) < 4.78 is 0.732. The number of likely N-dealkylation sites (tertiary alicyclic amines) is 1. The summed E-state index contributed by atoms with van der Waals surface area (Å²) >= 11 is 7.14. The average molecular weight is 329 g/mol. The standard InChI is InChI=1S/C10H20INOS/c1-3-8(13)6-12-5-4-10(2,14)9(11)7-12/h8-9,13-14H,3-7H2,1-2H3. The summed E-state index contributed by atoms with van der Waals surface area (Å²) in [6, 6.07) is 0.